The number of carboxylic acid groups (broad SMARTS) is 2. The molecule has 44 valence electrons. The fraction of sp³-hybridized carbons (Fsp3) is 0. The van der Waals surface area contributed by atoms with E-state index < -0.39 is 11.9 Å². The van der Waals surface area contributed by atoms with E-state index in [1.54, 1.807) is 0 Å². The first-order valence-corrected chi connectivity index (χ1v) is 1.79. The second kappa shape index (κ2) is 2.79. The van der Waals surface area contributed by atoms with Crippen LogP contribution in [0.1, 0.15) is 0 Å². The SMILES string of the molecule is O=C(O)C=CC(O)=[OH+]. The molecule has 0 fully saturated rings. The summed E-state index contributed by atoms with van der Waals surface area (Å²) < 4.78 is 0. The molecular formula is C4H5O4+. The average molecular weight is 117 g/mol. The molecule has 0 atom stereocenters. The lowest BCUT2D eigenvalue weighted by Gasteiger charge is -1.70. The first kappa shape index (κ1) is 6.68. The van der Waals surface area contributed by atoms with E-state index in [9.17, 15) is 4.79 Å². The maximum absolute atomic E-state index is 9.58. The largest absolute Gasteiger partial charge is 0.508 e. The lowest BCUT2D eigenvalue weighted by atomic mass is 10.5. The predicted octanol–water partition coefficient (Wildman–Crippen LogP) is -0.312. The van der Waals surface area contributed by atoms with Crippen LogP contribution < -0.4 is 0 Å². The standard InChI is InChI=1S/C4H4O4/c5-3(6)1-2-4(7)8/h1-2H,(H,5,6)(H,7,8)/p+1. The smallest absolute Gasteiger partial charge is 0.478 e. The van der Waals surface area contributed by atoms with E-state index >= 15 is 0 Å². The van der Waals surface area contributed by atoms with E-state index in [2.05, 4.69) is 0 Å². The summed E-state index contributed by atoms with van der Waals surface area (Å²) in [4.78, 5) is 17.5. The van der Waals surface area contributed by atoms with Gasteiger partial charge in [0.2, 0.25) is 0 Å². The zero-order valence-corrected chi connectivity index (χ0v) is 3.90. The van der Waals surface area contributed by atoms with Gasteiger partial charge in [0.15, 0.2) is 0 Å². The zero-order valence-electron chi connectivity index (χ0n) is 3.90. The Hall–Kier alpha value is -1.32. The van der Waals surface area contributed by atoms with Crippen LogP contribution in [0.5, 0.6) is 0 Å². The molecule has 4 heteroatoms. The highest BCUT2D eigenvalue weighted by Crippen LogP contribution is 1.70. The third-order valence-corrected chi connectivity index (χ3v) is 0.375. The summed E-state index contributed by atoms with van der Waals surface area (Å²) in [6.45, 7) is 0. The lowest BCUT2D eigenvalue weighted by molar-refractivity contribution is -0.131. The maximum Gasteiger partial charge on any atom is 0.508 e. The number of aliphatic hydroxyl groups excluding tert-OH is 1. The van der Waals surface area contributed by atoms with Crippen LogP contribution in [0.25, 0.3) is 0 Å². The van der Waals surface area contributed by atoms with Gasteiger partial charge in [-0.1, -0.05) is 0 Å². The van der Waals surface area contributed by atoms with E-state index in [0.29, 0.717) is 12.2 Å². The normalized spacial score (nSPS) is 9.50. The van der Waals surface area contributed by atoms with Gasteiger partial charge in [-0.25, -0.2) is 4.79 Å². The summed E-state index contributed by atoms with van der Waals surface area (Å²) in [6.07, 6.45) is 1.29. The molecule has 0 unspecified atom stereocenters. The van der Waals surface area contributed by atoms with Crippen molar-refractivity contribution in [3.63, 3.8) is 0 Å². The van der Waals surface area contributed by atoms with Gasteiger partial charge in [-0.05, 0) is 0 Å². The van der Waals surface area contributed by atoms with Gasteiger partial charge >= 0.3 is 11.9 Å². The predicted molar refractivity (Wildman–Crippen MR) is 26.3 cm³/mol. The van der Waals surface area contributed by atoms with Crippen molar-refractivity contribution in [1.29, 1.82) is 0 Å². The number of rotatable bonds is 2. The summed E-state index contributed by atoms with van der Waals surface area (Å²) in [5.74, 6) is -2.22. The van der Waals surface area contributed by atoms with Crippen molar-refractivity contribution >= 4 is 11.9 Å². The fourth-order valence-corrected chi connectivity index (χ4v) is 0.146. The molecule has 0 heterocycles. The van der Waals surface area contributed by atoms with Gasteiger partial charge in [-0.3, -0.25) is 0 Å². The van der Waals surface area contributed by atoms with E-state index in [0.717, 1.165) is 0 Å². The lowest BCUT2D eigenvalue weighted by Crippen LogP contribution is -1.92. The highest BCUT2D eigenvalue weighted by molar-refractivity contribution is 5.90. The molecule has 4 nitrogen and oxygen atoms in total. The molecule has 0 aromatic rings. The van der Waals surface area contributed by atoms with Crippen LogP contribution in [0.4, 0.5) is 0 Å². The van der Waals surface area contributed by atoms with Gasteiger partial charge < -0.3 is 15.0 Å². The second-order valence-corrected chi connectivity index (χ2v) is 1.03. The summed E-state index contributed by atoms with van der Waals surface area (Å²) in [5, 5.41) is 15.8. The van der Waals surface area contributed by atoms with Crippen LogP contribution in [-0.4, -0.2) is 26.9 Å². The molecule has 3 N–H and O–H groups in total. The first-order valence-electron chi connectivity index (χ1n) is 1.79. The van der Waals surface area contributed by atoms with Crippen molar-refractivity contribution in [1.82, 2.24) is 0 Å². The fourth-order valence-electron chi connectivity index (χ4n) is 0.146. The Morgan fingerprint density at radius 3 is 2.00 bits per heavy atom. The number of hydrogen-bond donors (Lipinski definition) is 2. The van der Waals surface area contributed by atoms with Crippen LogP contribution in [-0.2, 0) is 4.79 Å². The van der Waals surface area contributed by atoms with Gasteiger partial charge in [-0.15, -0.1) is 0 Å². The number of carboxylic acids is 2. The first-order chi connectivity index (χ1) is 3.63. The monoisotopic (exact) mass is 117 g/mol. The van der Waals surface area contributed by atoms with Crippen LogP contribution in [0, 0.1) is 0 Å². The Labute approximate surface area is 45.1 Å². The van der Waals surface area contributed by atoms with Crippen LogP contribution >= 0.6 is 0 Å². The van der Waals surface area contributed by atoms with Crippen molar-refractivity contribution in [2.75, 3.05) is 0 Å². The van der Waals surface area contributed by atoms with Gasteiger partial charge in [0.05, 0.1) is 6.08 Å². The summed E-state index contributed by atoms with van der Waals surface area (Å²) >= 11 is 0. The third-order valence-electron chi connectivity index (χ3n) is 0.375. The average Bonchev–Trinajstić information content (AvgIpc) is 1.61. The topological polar surface area (TPSA) is 78.9 Å². The van der Waals surface area contributed by atoms with Crippen LogP contribution in [0.15, 0.2) is 12.2 Å². The molecule has 0 saturated heterocycles. The zero-order chi connectivity index (χ0) is 6.57. The molecule has 0 bridgehead atoms. The van der Waals surface area contributed by atoms with Crippen molar-refractivity contribution < 1.29 is 19.8 Å². The summed E-state index contributed by atoms with van der Waals surface area (Å²) in [7, 11) is 0. The Bertz CT molecular complexity index is 119. The van der Waals surface area contributed by atoms with Gasteiger partial charge in [0, 0.05) is 6.08 Å². The molecular weight excluding hydrogens is 112 g/mol. The molecule has 0 aromatic heterocycles. The van der Waals surface area contributed by atoms with E-state index in [4.69, 9.17) is 15.0 Å². The molecule has 0 radical (unpaired) electrons. The molecule has 0 amide bonds. The van der Waals surface area contributed by atoms with Crippen molar-refractivity contribution in [3.05, 3.63) is 12.2 Å². The molecule has 0 aliphatic carbocycles. The molecule has 0 rings (SSSR count). The van der Waals surface area contributed by atoms with E-state index in [-0.39, 0.29) is 0 Å². The van der Waals surface area contributed by atoms with Crippen LogP contribution in [0.2, 0.25) is 0 Å². The van der Waals surface area contributed by atoms with Gasteiger partial charge in [0.1, 0.15) is 0 Å². The van der Waals surface area contributed by atoms with Gasteiger partial charge in [-0.2, -0.15) is 0 Å². The van der Waals surface area contributed by atoms with E-state index in [1.807, 2.05) is 0 Å². The van der Waals surface area contributed by atoms with Crippen molar-refractivity contribution in [2.45, 2.75) is 0 Å². The Morgan fingerprint density at radius 1 is 1.38 bits per heavy atom. The molecule has 0 saturated carbocycles. The molecule has 0 spiro atoms. The Balaban J connectivity index is 3.67. The number of hydrogen-bond acceptors (Lipinski definition) is 1. The Morgan fingerprint density at radius 2 is 1.88 bits per heavy atom. The minimum atomic E-state index is -1.22. The highest BCUT2D eigenvalue weighted by atomic mass is 16.4. The molecule has 8 heavy (non-hydrogen) atoms. The molecule has 0 aliphatic rings. The molecule has 0 aromatic carbocycles. The maximum atomic E-state index is 9.58. The third kappa shape index (κ3) is 4.68. The quantitative estimate of drug-likeness (QED) is 0.384. The number of carbonyl (C=O) groups is 1. The van der Waals surface area contributed by atoms with Gasteiger partial charge in [0.25, 0.3) is 0 Å². The van der Waals surface area contributed by atoms with Crippen molar-refractivity contribution in [3.8, 4) is 0 Å². The summed E-state index contributed by atoms with van der Waals surface area (Å²) in [6, 6.07) is 0. The minimum Gasteiger partial charge on any atom is -0.478 e. The van der Waals surface area contributed by atoms with E-state index in [1.165, 1.54) is 0 Å². The summed E-state index contributed by atoms with van der Waals surface area (Å²) in [5.41, 5.74) is 0. The Kier molecular flexibility index (Phi) is 2.33. The highest BCUT2D eigenvalue weighted by Gasteiger charge is 1.95. The second-order valence-electron chi connectivity index (χ2n) is 1.03. The number of aliphatic carboxylic acids is 2. The minimum absolute atomic E-state index is 0.620. The van der Waals surface area contributed by atoms with Crippen molar-refractivity contribution in [2.24, 2.45) is 0 Å². The van der Waals surface area contributed by atoms with Crippen LogP contribution in [0.3, 0.4) is 0 Å². The molecule has 0 aliphatic heterocycles.